The van der Waals surface area contributed by atoms with E-state index >= 15 is 0 Å². The molecule has 0 aromatic heterocycles. The number of quaternary nitrogens is 2. The number of hydrogen-bond acceptors (Lipinski definition) is 1. The van der Waals surface area contributed by atoms with E-state index in [1.807, 2.05) is 0 Å². The van der Waals surface area contributed by atoms with Gasteiger partial charge in [0.2, 0.25) is 0 Å². The van der Waals surface area contributed by atoms with Gasteiger partial charge in [0.25, 0.3) is 0 Å². The van der Waals surface area contributed by atoms with E-state index in [9.17, 15) is 0 Å². The molecule has 0 aliphatic carbocycles. The van der Waals surface area contributed by atoms with Crippen LogP contribution >= 0.6 is 12.1 Å². The number of nitrogens with zero attached hydrogens (tertiary/aromatic N) is 2. The first-order valence-electron chi connectivity index (χ1n) is 8.46. The van der Waals surface area contributed by atoms with E-state index in [0.29, 0.717) is 0 Å². The van der Waals surface area contributed by atoms with E-state index in [1.165, 1.54) is 72.2 Å². The second-order valence-electron chi connectivity index (χ2n) is 6.99. The highest BCUT2D eigenvalue weighted by Gasteiger charge is 2.48. The van der Waals surface area contributed by atoms with Crippen molar-refractivity contribution in [3.63, 3.8) is 0 Å². The monoisotopic (exact) mass is 356 g/mol. The number of rotatable bonds is 4. The van der Waals surface area contributed by atoms with Crippen molar-refractivity contribution in [1.29, 1.82) is 0 Å². The highest BCUT2D eigenvalue weighted by atomic mass is 35.5. The summed E-state index contributed by atoms with van der Waals surface area (Å²) in [6.45, 7) is 7.54. The van der Waals surface area contributed by atoms with Crippen LogP contribution in [0, 0.1) is 0 Å². The summed E-state index contributed by atoms with van der Waals surface area (Å²) in [5.41, 5.74) is 0. The van der Waals surface area contributed by atoms with Crippen molar-refractivity contribution in [3.05, 3.63) is 0 Å². The molecule has 0 amide bonds. The molecule has 4 atom stereocenters. The van der Waals surface area contributed by atoms with Gasteiger partial charge >= 0.3 is 12.1 Å². The fourth-order valence-corrected chi connectivity index (χ4v) is 6.39. The number of piperidine rings is 2. The van der Waals surface area contributed by atoms with Crippen LogP contribution in [0.2, 0.25) is 0 Å². The maximum absolute atomic E-state index is 2.52. The van der Waals surface area contributed by atoms with Crippen molar-refractivity contribution in [1.82, 2.24) is 0 Å². The van der Waals surface area contributed by atoms with Gasteiger partial charge in [-0.25, -0.2) is 7.78 Å². The highest BCUT2D eigenvalue weighted by molar-refractivity contribution is 7.88. The second kappa shape index (κ2) is 9.22. The maximum atomic E-state index is 2.52. The molecule has 2 nitrogen and oxygen atoms in total. The smallest absolute Gasteiger partial charge is 0.323 e. The van der Waals surface area contributed by atoms with Gasteiger partial charge in [-0.2, -0.15) is 0 Å². The van der Waals surface area contributed by atoms with Crippen LogP contribution in [0.5, 0.6) is 0 Å². The molecule has 4 unspecified atom stereocenters. The first kappa shape index (κ1) is 21.9. The molecule has 21 heavy (non-hydrogen) atoms. The molecule has 2 aliphatic heterocycles. The zero-order valence-corrected chi connectivity index (χ0v) is 16.6. The highest BCUT2D eigenvalue weighted by Crippen LogP contribution is 2.43. The Hall–Kier alpha value is 0.850. The Kier molecular flexibility index (Phi) is 9.59. The Morgan fingerprint density at radius 2 is 1.14 bits per heavy atom. The minimum atomic E-state index is 0. The fourth-order valence-electron chi connectivity index (χ4n) is 4.34. The molecule has 2 saturated heterocycles. The first-order chi connectivity index (χ1) is 9.04. The van der Waals surface area contributed by atoms with Crippen LogP contribution in [-0.2, 0) is 0 Å². The molecule has 2 heterocycles. The average molecular weight is 357 g/mol. The van der Waals surface area contributed by atoms with Crippen LogP contribution in [0.25, 0.3) is 0 Å². The maximum Gasteiger partial charge on any atom is 0.323 e. The van der Waals surface area contributed by atoms with Gasteiger partial charge in [-0.3, -0.25) is 0 Å². The Morgan fingerprint density at radius 3 is 1.48 bits per heavy atom. The summed E-state index contributed by atoms with van der Waals surface area (Å²) >= 11 is 2.29. The van der Waals surface area contributed by atoms with Crippen molar-refractivity contribution < 1.29 is 32.6 Å². The van der Waals surface area contributed by atoms with Gasteiger partial charge in [-0.1, -0.05) is 13.8 Å². The van der Waals surface area contributed by atoms with E-state index in [2.05, 4.69) is 40.1 Å². The van der Waals surface area contributed by atoms with Crippen molar-refractivity contribution >= 4 is 12.1 Å². The lowest BCUT2D eigenvalue weighted by atomic mass is 10.0. The lowest BCUT2D eigenvalue weighted by molar-refractivity contribution is -0.892. The van der Waals surface area contributed by atoms with Crippen LogP contribution in [0.4, 0.5) is 0 Å². The van der Waals surface area contributed by atoms with E-state index in [4.69, 9.17) is 0 Å². The predicted molar refractivity (Wildman–Crippen MR) is 85.6 cm³/mol. The lowest BCUT2D eigenvalue weighted by Crippen LogP contribution is -3.00. The second-order valence-corrected chi connectivity index (χ2v) is 8.82. The van der Waals surface area contributed by atoms with Gasteiger partial charge < -0.3 is 24.8 Å². The number of likely N-dealkylation sites (tertiary alicyclic amines) is 2. The van der Waals surface area contributed by atoms with E-state index in [0.717, 1.165) is 12.1 Å². The molecule has 0 bridgehead atoms. The van der Waals surface area contributed by atoms with Gasteiger partial charge in [-0.15, -0.1) is 0 Å². The molecule has 128 valence electrons. The van der Waals surface area contributed by atoms with Crippen LogP contribution in [0.3, 0.4) is 0 Å². The summed E-state index contributed by atoms with van der Waals surface area (Å²) < 4.78 is 2.53. The summed E-state index contributed by atoms with van der Waals surface area (Å²) in [4.78, 5) is 0. The van der Waals surface area contributed by atoms with Gasteiger partial charge in [0.1, 0.15) is 12.1 Å². The van der Waals surface area contributed by atoms with Crippen LogP contribution in [-0.4, -0.2) is 47.0 Å². The minimum Gasteiger partial charge on any atom is -1.00 e. The van der Waals surface area contributed by atoms with Crippen LogP contribution in [0.1, 0.15) is 65.2 Å². The summed E-state index contributed by atoms with van der Waals surface area (Å²) in [7, 11) is 5.03. The van der Waals surface area contributed by atoms with Gasteiger partial charge in [0.05, 0.1) is 27.2 Å². The molecular formula is C16H34Cl2N2S. The summed E-state index contributed by atoms with van der Waals surface area (Å²) in [5, 5.41) is 0. The molecule has 2 aliphatic rings. The lowest BCUT2D eigenvalue weighted by Gasteiger charge is -2.48. The van der Waals surface area contributed by atoms with Gasteiger partial charge in [0.15, 0.2) is 0 Å². The third-order valence-electron chi connectivity index (χ3n) is 5.64. The molecule has 2 rings (SSSR count). The normalized spacial score (nSPS) is 40.0. The Balaban J connectivity index is 0.00000200. The quantitative estimate of drug-likeness (QED) is 0.430. The Labute approximate surface area is 149 Å². The van der Waals surface area contributed by atoms with E-state index in [-0.39, 0.29) is 24.8 Å². The zero-order chi connectivity index (χ0) is 13.9. The SMILES string of the molecule is CCC1CCCC[N+]1(C)S[N+]1(C)CCCCC1CC.[Cl-].[Cl-]. The Morgan fingerprint density at radius 1 is 0.762 bits per heavy atom. The zero-order valence-electron chi connectivity index (χ0n) is 14.3. The minimum absolute atomic E-state index is 0. The molecular weight excluding hydrogens is 323 g/mol. The van der Waals surface area contributed by atoms with Gasteiger partial charge in [0, 0.05) is 12.8 Å². The molecule has 2 fully saturated rings. The summed E-state index contributed by atoms with van der Waals surface area (Å²) in [5.74, 6) is 0. The molecule has 0 N–H and O–H groups in total. The Bertz CT molecular complexity index is 278. The molecule has 5 heteroatoms. The predicted octanol–water partition coefficient (Wildman–Crippen LogP) is -1.62. The molecule has 0 radical (unpaired) electrons. The average Bonchev–Trinajstić information content (AvgIpc) is 2.38. The van der Waals surface area contributed by atoms with Crippen molar-refractivity contribution in [3.8, 4) is 0 Å². The van der Waals surface area contributed by atoms with Crippen molar-refractivity contribution in [2.75, 3.05) is 27.2 Å². The van der Waals surface area contributed by atoms with E-state index < -0.39 is 0 Å². The standard InChI is InChI=1S/C16H34N2S.2ClH/c1-5-15-11-7-9-13-17(15,3)19-18(4)14-10-8-12-16(18)6-2;;/h15-16H,5-14H2,1-4H3;2*1H/q+2;;/p-2. The van der Waals surface area contributed by atoms with Gasteiger partial charge in [-0.05, 0) is 38.5 Å². The molecule has 0 aromatic rings. The molecule has 0 spiro atoms. The molecule has 0 aromatic carbocycles. The molecule has 0 saturated carbocycles. The first-order valence-corrected chi connectivity index (χ1v) is 9.19. The summed E-state index contributed by atoms with van der Waals surface area (Å²) in [6.07, 6.45) is 11.3. The van der Waals surface area contributed by atoms with Crippen molar-refractivity contribution in [2.45, 2.75) is 77.3 Å². The third-order valence-corrected chi connectivity index (χ3v) is 7.35. The third kappa shape index (κ3) is 4.91. The largest absolute Gasteiger partial charge is 1.00 e. The van der Waals surface area contributed by atoms with Crippen LogP contribution < -0.4 is 24.8 Å². The topological polar surface area (TPSA) is 0 Å². The number of halogens is 2. The summed E-state index contributed by atoms with van der Waals surface area (Å²) in [6, 6.07) is 1.77. The van der Waals surface area contributed by atoms with E-state index in [1.54, 1.807) is 0 Å². The number of hydrogen-bond donors (Lipinski definition) is 0. The fraction of sp³-hybridized carbons (Fsp3) is 1.00. The van der Waals surface area contributed by atoms with Crippen LogP contribution in [0.15, 0.2) is 0 Å². The van der Waals surface area contributed by atoms with Crippen molar-refractivity contribution in [2.24, 2.45) is 0 Å².